The average Bonchev–Trinajstić information content (AvgIpc) is 2.65. The quantitative estimate of drug-likeness (QED) is 0.616. The highest BCUT2D eigenvalue weighted by Crippen LogP contribution is 2.22. The largest absolute Gasteiger partial charge is 0.491 e. The van der Waals surface area contributed by atoms with Crippen molar-refractivity contribution in [3.63, 3.8) is 0 Å². The number of nitrogen functional groups attached to an aromatic ring is 1. The van der Waals surface area contributed by atoms with Gasteiger partial charge in [0.1, 0.15) is 23.7 Å². The molecule has 2 N–H and O–H groups in total. The minimum absolute atomic E-state index is 0.0365. The molecule has 0 aliphatic rings. The maximum atomic E-state index is 12.8. The molecule has 0 saturated carbocycles. The molecule has 1 heterocycles. The van der Waals surface area contributed by atoms with Crippen LogP contribution in [-0.2, 0) is 13.6 Å². The fourth-order valence-corrected chi connectivity index (χ4v) is 3.05. The Bertz CT molecular complexity index is 997. The van der Waals surface area contributed by atoms with E-state index in [4.69, 9.17) is 22.1 Å². The van der Waals surface area contributed by atoms with Crippen molar-refractivity contribution in [1.29, 1.82) is 0 Å². The normalized spacial score (nSPS) is 11.3. The number of carbonyl (C=O) groups excluding carboxylic acids is 1. The molecule has 8 nitrogen and oxygen atoms in total. The second-order valence-electron chi connectivity index (χ2n) is 7.35. The number of hydrogen-bond donors (Lipinski definition) is 1. The number of nitrogens with two attached hydrogens (primary N) is 1. The Balaban J connectivity index is 2.11. The van der Waals surface area contributed by atoms with E-state index in [1.54, 1.807) is 24.1 Å². The van der Waals surface area contributed by atoms with E-state index in [1.807, 2.05) is 26.0 Å². The number of Topliss-reactive ketones (excluding diaryl/α,β-unsaturated/α-hetero) is 1. The van der Waals surface area contributed by atoms with Crippen LogP contribution in [0.15, 0.2) is 33.9 Å². The van der Waals surface area contributed by atoms with Crippen LogP contribution in [0, 0.1) is 5.92 Å². The number of anilines is 1. The Kier molecular flexibility index (Phi) is 7.64. The molecular weight excluding hydrogens is 396 g/mol. The van der Waals surface area contributed by atoms with Gasteiger partial charge in [0.05, 0.1) is 11.6 Å². The van der Waals surface area contributed by atoms with Gasteiger partial charge in [0.15, 0.2) is 5.78 Å². The first-order chi connectivity index (χ1) is 13.6. The molecular formula is C20H27ClN4O4. The third kappa shape index (κ3) is 5.48. The van der Waals surface area contributed by atoms with E-state index < -0.39 is 17.0 Å². The first-order valence-electron chi connectivity index (χ1n) is 9.31. The number of halogens is 1. The Morgan fingerprint density at radius 2 is 1.93 bits per heavy atom. The van der Waals surface area contributed by atoms with Crippen molar-refractivity contribution in [2.75, 3.05) is 32.5 Å². The highest BCUT2D eigenvalue weighted by molar-refractivity contribution is 6.32. The number of likely N-dealkylation sites (N-methyl/N-ethyl adjacent to an activating group) is 1. The number of ketones is 1. The highest BCUT2D eigenvalue weighted by Gasteiger charge is 2.22. The van der Waals surface area contributed by atoms with Crippen molar-refractivity contribution >= 4 is 23.2 Å². The van der Waals surface area contributed by atoms with Gasteiger partial charge in [0.2, 0.25) is 0 Å². The van der Waals surface area contributed by atoms with Gasteiger partial charge in [-0.05, 0) is 25.1 Å². The molecule has 0 bridgehead atoms. The first-order valence-corrected chi connectivity index (χ1v) is 9.69. The number of para-hydroxylation sites is 1. The van der Waals surface area contributed by atoms with Crippen LogP contribution in [0.1, 0.15) is 24.2 Å². The van der Waals surface area contributed by atoms with E-state index in [0.717, 1.165) is 4.57 Å². The molecule has 2 rings (SSSR count). The molecule has 158 valence electrons. The van der Waals surface area contributed by atoms with E-state index in [9.17, 15) is 14.4 Å². The molecule has 0 aliphatic heterocycles. The number of rotatable bonds is 9. The minimum Gasteiger partial charge on any atom is -0.491 e. The van der Waals surface area contributed by atoms with E-state index >= 15 is 0 Å². The molecule has 0 atom stereocenters. The predicted molar refractivity (Wildman–Crippen MR) is 114 cm³/mol. The van der Waals surface area contributed by atoms with Crippen molar-refractivity contribution < 1.29 is 9.53 Å². The average molecular weight is 423 g/mol. The van der Waals surface area contributed by atoms with E-state index in [2.05, 4.69) is 0 Å². The van der Waals surface area contributed by atoms with E-state index in [0.29, 0.717) is 30.5 Å². The number of benzene rings is 1. The zero-order valence-electron chi connectivity index (χ0n) is 17.1. The van der Waals surface area contributed by atoms with Gasteiger partial charge in [-0.3, -0.25) is 23.6 Å². The van der Waals surface area contributed by atoms with Gasteiger partial charge >= 0.3 is 5.69 Å². The standard InChI is InChI=1S/C20H27ClN4O4/c1-13(2)11-25-18(22)17(19(27)24(4)20(25)28)15(26)12-23(3)9-10-29-16-8-6-5-7-14(16)21/h5-8,13H,9-12,22H2,1-4H3. The summed E-state index contributed by atoms with van der Waals surface area (Å²) in [5, 5.41) is 0.509. The highest BCUT2D eigenvalue weighted by atomic mass is 35.5. The zero-order chi connectivity index (χ0) is 21.7. The molecule has 9 heteroatoms. The van der Waals surface area contributed by atoms with Crippen molar-refractivity contribution in [1.82, 2.24) is 14.0 Å². The van der Waals surface area contributed by atoms with Gasteiger partial charge in [-0.1, -0.05) is 37.6 Å². The topological polar surface area (TPSA) is 99.6 Å². The lowest BCUT2D eigenvalue weighted by molar-refractivity contribution is 0.0936. The zero-order valence-corrected chi connectivity index (χ0v) is 17.9. The number of hydrogen-bond acceptors (Lipinski definition) is 6. The smallest absolute Gasteiger partial charge is 0.332 e. The lowest BCUT2D eigenvalue weighted by Gasteiger charge is -2.19. The monoisotopic (exact) mass is 422 g/mol. The molecule has 2 aromatic rings. The molecule has 0 radical (unpaired) electrons. The van der Waals surface area contributed by atoms with Crippen LogP contribution in [0.2, 0.25) is 5.02 Å². The van der Waals surface area contributed by atoms with Gasteiger partial charge in [0.25, 0.3) is 5.56 Å². The Morgan fingerprint density at radius 3 is 2.55 bits per heavy atom. The van der Waals surface area contributed by atoms with Gasteiger partial charge in [-0.25, -0.2) is 4.79 Å². The number of aromatic nitrogens is 2. The second kappa shape index (κ2) is 9.76. The predicted octanol–water partition coefficient (Wildman–Crippen LogP) is 1.63. The second-order valence-corrected chi connectivity index (χ2v) is 7.76. The van der Waals surface area contributed by atoms with E-state index in [-0.39, 0.29) is 23.8 Å². The van der Waals surface area contributed by atoms with Crippen molar-refractivity contribution in [2.24, 2.45) is 13.0 Å². The van der Waals surface area contributed by atoms with Crippen LogP contribution < -0.4 is 21.7 Å². The first kappa shape index (κ1) is 22.7. The Hall–Kier alpha value is -2.58. The summed E-state index contributed by atoms with van der Waals surface area (Å²) in [5.74, 6) is 0.159. The van der Waals surface area contributed by atoms with Crippen LogP contribution in [0.5, 0.6) is 5.75 Å². The van der Waals surface area contributed by atoms with Gasteiger partial charge in [0, 0.05) is 20.1 Å². The molecule has 0 unspecified atom stereocenters. The SMILES string of the molecule is CC(C)Cn1c(N)c(C(=O)CN(C)CCOc2ccccc2Cl)c(=O)n(C)c1=O. The minimum atomic E-state index is -0.682. The molecule has 29 heavy (non-hydrogen) atoms. The lowest BCUT2D eigenvalue weighted by Crippen LogP contribution is -2.44. The summed E-state index contributed by atoms with van der Waals surface area (Å²) in [7, 11) is 3.08. The molecule has 0 saturated heterocycles. The summed E-state index contributed by atoms with van der Waals surface area (Å²) in [4.78, 5) is 39.3. The molecule has 0 amide bonds. The number of nitrogens with zero attached hydrogens (tertiary/aromatic N) is 3. The summed E-state index contributed by atoms with van der Waals surface area (Å²) in [5.41, 5.74) is 4.67. The number of ether oxygens (including phenoxy) is 1. The Morgan fingerprint density at radius 1 is 1.28 bits per heavy atom. The van der Waals surface area contributed by atoms with Gasteiger partial charge < -0.3 is 10.5 Å². The van der Waals surface area contributed by atoms with Crippen LogP contribution in [0.25, 0.3) is 0 Å². The summed E-state index contributed by atoms with van der Waals surface area (Å²) in [6.07, 6.45) is 0. The summed E-state index contributed by atoms with van der Waals surface area (Å²) < 4.78 is 7.82. The van der Waals surface area contributed by atoms with Crippen molar-refractivity contribution in [2.45, 2.75) is 20.4 Å². The molecule has 0 aliphatic carbocycles. The van der Waals surface area contributed by atoms with Crippen molar-refractivity contribution in [3.8, 4) is 5.75 Å². The fourth-order valence-electron chi connectivity index (χ4n) is 2.86. The Labute approximate surface area is 174 Å². The molecule has 0 fully saturated rings. The van der Waals surface area contributed by atoms with Gasteiger partial charge in [-0.15, -0.1) is 0 Å². The van der Waals surface area contributed by atoms with Crippen molar-refractivity contribution in [3.05, 3.63) is 55.7 Å². The maximum Gasteiger partial charge on any atom is 0.332 e. The number of carbonyl (C=O) groups is 1. The summed E-state index contributed by atoms with van der Waals surface area (Å²) >= 11 is 6.05. The van der Waals surface area contributed by atoms with Crippen LogP contribution in [0.3, 0.4) is 0 Å². The fraction of sp³-hybridized carbons (Fsp3) is 0.450. The van der Waals surface area contributed by atoms with Crippen LogP contribution >= 0.6 is 11.6 Å². The molecule has 1 aromatic heterocycles. The molecule has 0 spiro atoms. The van der Waals surface area contributed by atoms with E-state index in [1.165, 1.54) is 11.6 Å². The molecule has 1 aromatic carbocycles. The summed E-state index contributed by atoms with van der Waals surface area (Å²) in [6, 6.07) is 7.12. The van der Waals surface area contributed by atoms with Crippen LogP contribution in [0.4, 0.5) is 5.82 Å². The van der Waals surface area contributed by atoms with Crippen LogP contribution in [-0.4, -0.2) is 46.6 Å². The summed E-state index contributed by atoms with van der Waals surface area (Å²) in [6.45, 7) is 4.87. The third-order valence-corrected chi connectivity index (χ3v) is 4.70. The van der Waals surface area contributed by atoms with Gasteiger partial charge in [-0.2, -0.15) is 0 Å². The third-order valence-electron chi connectivity index (χ3n) is 4.39. The maximum absolute atomic E-state index is 12.8. The lowest BCUT2D eigenvalue weighted by atomic mass is 10.1.